The number of nitrogens with one attached hydrogen (secondary N) is 1. The molecular formula is C19H24N2O5. The molecule has 2 rings (SSSR count). The van der Waals surface area contributed by atoms with Crippen LogP contribution in [0, 0.1) is 13.8 Å². The summed E-state index contributed by atoms with van der Waals surface area (Å²) in [7, 11) is 1.65. The minimum Gasteiger partial charge on any atom is -0.453 e. The lowest BCUT2D eigenvalue weighted by Crippen LogP contribution is -2.15. The van der Waals surface area contributed by atoms with Crippen LogP contribution in [0.15, 0.2) is 18.3 Å². The third kappa shape index (κ3) is 4.49. The molecule has 0 bridgehead atoms. The van der Waals surface area contributed by atoms with Crippen LogP contribution in [0.2, 0.25) is 0 Å². The minimum absolute atomic E-state index is 0.146. The SMILES string of the molecule is COCCCn1c(C)cc(C(=O)COC(=O)c2cc(C(C)=O)c[nH]2)c1C. The van der Waals surface area contributed by atoms with Gasteiger partial charge in [0.15, 0.2) is 12.4 Å². The molecule has 0 unspecified atom stereocenters. The standard InChI is InChI=1S/C19H24N2O5/c1-12-8-16(13(2)21(12)6-5-7-25-4)18(23)11-26-19(24)17-9-15(10-20-17)14(3)22/h8-10,20H,5-7,11H2,1-4H3. The fourth-order valence-corrected chi connectivity index (χ4v) is 2.80. The number of H-pyrrole nitrogens is 1. The van der Waals surface area contributed by atoms with E-state index in [9.17, 15) is 14.4 Å². The van der Waals surface area contributed by atoms with Crippen LogP contribution >= 0.6 is 0 Å². The predicted molar refractivity (Wildman–Crippen MR) is 95.8 cm³/mol. The van der Waals surface area contributed by atoms with Crippen molar-refractivity contribution in [2.24, 2.45) is 0 Å². The van der Waals surface area contributed by atoms with E-state index < -0.39 is 5.97 Å². The van der Waals surface area contributed by atoms with Gasteiger partial charge < -0.3 is 19.0 Å². The molecule has 0 spiro atoms. The van der Waals surface area contributed by atoms with Gasteiger partial charge in [0, 0.05) is 49.0 Å². The number of aromatic nitrogens is 2. The zero-order chi connectivity index (χ0) is 19.3. The number of nitrogens with zero attached hydrogens (tertiary/aromatic N) is 1. The molecule has 0 saturated heterocycles. The highest BCUT2D eigenvalue weighted by Gasteiger charge is 2.18. The second kappa shape index (κ2) is 8.62. The van der Waals surface area contributed by atoms with Gasteiger partial charge in [-0.2, -0.15) is 0 Å². The Kier molecular flexibility index (Phi) is 6.52. The Hall–Kier alpha value is -2.67. The van der Waals surface area contributed by atoms with E-state index in [1.54, 1.807) is 13.2 Å². The smallest absolute Gasteiger partial charge is 0.355 e. The van der Waals surface area contributed by atoms with Crippen molar-refractivity contribution in [3.63, 3.8) is 0 Å². The predicted octanol–water partition coefficient (Wildman–Crippen LogP) is 2.71. The van der Waals surface area contributed by atoms with Gasteiger partial charge in [-0.05, 0) is 39.3 Å². The minimum atomic E-state index is -0.667. The topological polar surface area (TPSA) is 90.4 Å². The molecule has 7 nitrogen and oxygen atoms in total. The maximum absolute atomic E-state index is 12.4. The summed E-state index contributed by atoms with van der Waals surface area (Å²) in [5, 5.41) is 0. The van der Waals surface area contributed by atoms with Crippen molar-refractivity contribution in [3.05, 3.63) is 46.5 Å². The first-order valence-electron chi connectivity index (χ1n) is 8.40. The lowest BCUT2D eigenvalue weighted by Gasteiger charge is -2.09. The van der Waals surface area contributed by atoms with E-state index >= 15 is 0 Å². The van der Waals surface area contributed by atoms with Gasteiger partial charge in [0.25, 0.3) is 0 Å². The van der Waals surface area contributed by atoms with Gasteiger partial charge in [-0.15, -0.1) is 0 Å². The number of ether oxygens (including phenoxy) is 2. The van der Waals surface area contributed by atoms with Crippen LogP contribution in [0.1, 0.15) is 55.9 Å². The molecule has 0 atom stereocenters. The Morgan fingerprint density at radius 1 is 1.19 bits per heavy atom. The normalized spacial score (nSPS) is 10.8. The summed E-state index contributed by atoms with van der Waals surface area (Å²) in [6, 6.07) is 3.22. The number of rotatable bonds is 9. The quantitative estimate of drug-likeness (QED) is 0.422. The van der Waals surface area contributed by atoms with Crippen molar-refractivity contribution in [2.45, 2.75) is 33.7 Å². The van der Waals surface area contributed by atoms with Gasteiger partial charge in [0.05, 0.1) is 0 Å². The molecule has 2 heterocycles. The maximum Gasteiger partial charge on any atom is 0.355 e. The Balaban J connectivity index is 2.00. The number of ketones is 2. The molecule has 140 valence electrons. The molecule has 0 aromatic carbocycles. The van der Waals surface area contributed by atoms with E-state index in [1.165, 1.54) is 19.2 Å². The lowest BCUT2D eigenvalue weighted by atomic mass is 10.1. The first kappa shape index (κ1) is 19.7. The Morgan fingerprint density at radius 3 is 2.54 bits per heavy atom. The molecule has 7 heteroatoms. The van der Waals surface area contributed by atoms with Gasteiger partial charge in [-0.25, -0.2) is 4.79 Å². The number of aryl methyl sites for hydroxylation is 1. The van der Waals surface area contributed by atoms with Crippen molar-refractivity contribution in [3.8, 4) is 0 Å². The highest BCUT2D eigenvalue weighted by atomic mass is 16.5. The Morgan fingerprint density at radius 2 is 1.92 bits per heavy atom. The fourth-order valence-electron chi connectivity index (χ4n) is 2.80. The molecule has 2 aromatic rings. The van der Waals surface area contributed by atoms with E-state index in [-0.39, 0.29) is 23.9 Å². The highest BCUT2D eigenvalue weighted by molar-refractivity contribution is 6.01. The number of carbonyl (C=O) groups is 3. The number of hydrogen-bond donors (Lipinski definition) is 1. The number of carbonyl (C=O) groups excluding carboxylic acids is 3. The van der Waals surface area contributed by atoms with Crippen LogP contribution in [-0.4, -0.2) is 47.4 Å². The Labute approximate surface area is 152 Å². The number of aromatic amines is 1. The summed E-state index contributed by atoms with van der Waals surface area (Å²) in [5.41, 5.74) is 2.90. The van der Waals surface area contributed by atoms with E-state index in [1.807, 2.05) is 13.8 Å². The van der Waals surface area contributed by atoms with Crippen molar-refractivity contribution >= 4 is 17.5 Å². The van der Waals surface area contributed by atoms with E-state index in [4.69, 9.17) is 9.47 Å². The van der Waals surface area contributed by atoms with Crippen molar-refractivity contribution in [1.29, 1.82) is 0 Å². The first-order chi connectivity index (χ1) is 12.3. The van der Waals surface area contributed by atoms with Gasteiger partial charge in [-0.1, -0.05) is 0 Å². The zero-order valence-electron chi connectivity index (χ0n) is 15.5. The third-order valence-corrected chi connectivity index (χ3v) is 4.25. The second-order valence-electron chi connectivity index (χ2n) is 6.14. The van der Waals surface area contributed by atoms with Crippen LogP contribution in [-0.2, 0) is 16.0 Å². The van der Waals surface area contributed by atoms with Crippen LogP contribution < -0.4 is 0 Å². The molecule has 0 radical (unpaired) electrons. The Bertz CT molecular complexity index is 816. The fraction of sp³-hybridized carbons (Fsp3) is 0.421. The molecule has 0 saturated carbocycles. The average molecular weight is 360 g/mol. The molecule has 1 N–H and O–H groups in total. The molecule has 2 aromatic heterocycles. The summed E-state index contributed by atoms with van der Waals surface area (Å²) >= 11 is 0. The van der Waals surface area contributed by atoms with E-state index in [0.29, 0.717) is 17.7 Å². The molecular weight excluding hydrogens is 336 g/mol. The third-order valence-electron chi connectivity index (χ3n) is 4.25. The monoisotopic (exact) mass is 360 g/mol. The summed E-state index contributed by atoms with van der Waals surface area (Å²) < 4.78 is 12.2. The summed E-state index contributed by atoms with van der Waals surface area (Å²) in [4.78, 5) is 38.4. The molecule has 0 fully saturated rings. The van der Waals surface area contributed by atoms with Gasteiger partial charge in [0.2, 0.25) is 5.78 Å². The second-order valence-corrected chi connectivity index (χ2v) is 6.14. The number of Topliss-reactive ketones (excluding diaryl/α,β-unsaturated/α-hetero) is 2. The average Bonchev–Trinajstić information content (AvgIpc) is 3.20. The lowest BCUT2D eigenvalue weighted by molar-refractivity contribution is 0.0469. The molecule has 0 aliphatic carbocycles. The summed E-state index contributed by atoms with van der Waals surface area (Å²) in [5.74, 6) is -1.08. The van der Waals surface area contributed by atoms with Gasteiger partial charge >= 0.3 is 5.97 Å². The maximum atomic E-state index is 12.4. The summed E-state index contributed by atoms with van der Waals surface area (Å²) in [6.07, 6.45) is 2.29. The van der Waals surface area contributed by atoms with Crippen molar-refractivity contribution < 1.29 is 23.9 Å². The van der Waals surface area contributed by atoms with E-state index in [2.05, 4.69) is 9.55 Å². The van der Waals surface area contributed by atoms with Gasteiger partial charge in [-0.3, -0.25) is 9.59 Å². The van der Waals surface area contributed by atoms with E-state index in [0.717, 1.165) is 24.4 Å². The molecule has 0 aliphatic heterocycles. The zero-order valence-corrected chi connectivity index (χ0v) is 15.5. The molecule has 0 amide bonds. The number of methoxy groups -OCH3 is 1. The van der Waals surface area contributed by atoms with Crippen molar-refractivity contribution in [2.75, 3.05) is 20.3 Å². The van der Waals surface area contributed by atoms with Crippen LogP contribution in [0.25, 0.3) is 0 Å². The number of hydrogen-bond acceptors (Lipinski definition) is 5. The largest absolute Gasteiger partial charge is 0.453 e. The molecule has 0 aliphatic rings. The van der Waals surface area contributed by atoms with Crippen LogP contribution in [0.5, 0.6) is 0 Å². The number of esters is 1. The summed E-state index contributed by atoms with van der Waals surface area (Å²) in [6.45, 7) is 6.27. The van der Waals surface area contributed by atoms with Crippen LogP contribution in [0.4, 0.5) is 0 Å². The molecule has 26 heavy (non-hydrogen) atoms. The highest BCUT2D eigenvalue weighted by Crippen LogP contribution is 2.17. The van der Waals surface area contributed by atoms with Gasteiger partial charge in [0.1, 0.15) is 5.69 Å². The van der Waals surface area contributed by atoms with Crippen LogP contribution in [0.3, 0.4) is 0 Å². The van der Waals surface area contributed by atoms with Crippen molar-refractivity contribution in [1.82, 2.24) is 9.55 Å². The first-order valence-corrected chi connectivity index (χ1v) is 8.40.